The summed E-state index contributed by atoms with van der Waals surface area (Å²) in [5.41, 5.74) is 1.73. The predicted molar refractivity (Wildman–Crippen MR) is 108 cm³/mol. The number of amides is 1. The molecule has 1 fully saturated rings. The van der Waals surface area contributed by atoms with Crippen molar-refractivity contribution in [1.29, 1.82) is 0 Å². The Morgan fingerprint density at radius 3 is 2.73 bits per heavy atom. The van der Waals surface area contributed by atoms with E-state index in [1.54, 1.807) is 24.5 Å². The van der Waals surface area contributed by atoms with Crippen LogP contribution in [-0.4, -0.2) is 36.0 Å². The quantitative estimate of drug-likeness (QED) is 0.581. The van der Waals surface area contributed by atoms with E-state index < -0.39 is 0 Å². The lowest BCUT2D eigenvalue weighted by molar-refractivity contribution is 0.0711. The number of methoxy groups -OCH3 is 1. The number of para-hydroxylation sites is 1. The van der Waals surface area contributed by atoms with Gasteiger partial charge in [-0.3, -0.25) is 4.79 Å². The number of piperidine rings is 1. The summed E-state index contributed by atoms with van der Waals surface area (Å²) in [5, 5.41) is 1.20. The maximum Gasteiger partial charge on any atom is 0.255 e. The van der Waals surface area contributed by atoms with E-state index in [0.29, 0.717) is 17.2 Å². The second kappa shape index (κ2) is 7.37. The summed E-state index contributed by atoms with van der Waals surface area (Å²) in [6, 6.07) is 13.8. The van der Waals surface area contributed by atoms with Crippen molar-refractivity contribution < 1.29 is 9.53 Å². The Labute approximate surface area is 164 Å². The average molecular weight is 431 g/mol. The van der Waals surface area contributed by atoms with Gasteiger partial charge in [0.25, 0.3) is 5.91 Å². The van der Waals surface area contributed by atoms with Gasteiger partial charge in [-0.1, -0.05) is 12.1 Å². The molecule has 0 aliphatic carbocycles. The highest BCUT2D eigenvalue weighted by atomic mass is 79.9. The third-order valence-corrected chi connectivity index (χ3v) is 6.74. The van der Waals surface area contributed by atoms with Gasteiger partial charge in [-0.15, -0.1) is 11.3 Å². The molecule has 1 aliphatic rings. The lowest BCUT2D eigenvalue weighted by Crippen LogP contribution is -2.38. The number of carbonyl (C=O) groups excluding carboxylic acids is 1. The molecule has 0 spiro atoms. The smallest absolute Gasteiger partial charge is 0.255 e. The Morgan fingerprint density at radius 2 is 2.00 bits per heavy atom. The molecule has 1 saturated heterocycles. The van der Waals surface area contributed by atoms with E-state index in [1.165, 1.54) is 9.71 Å². The molecule has 1 amide bonds. The zero-order chi connectivity index (χ0) is 18.1. The number of halogens is 1. The minimum absolute atomic E-state index is 0.0542. The normalized spacial score (nSPS) is 15.4. The molecule has 2 aromatic carbocycles. The number of likely N-dealkylation sites (tertiary alicyclic amines) is 1. The van der Waals surface area contributed by atoms with Gasteiger partial charge >= 0.3 is 0 Å². The van der Waals surface area contributed by atoms with Crippen molar-refractivity contribution >= 4 is 43.4 Å². The molecule has 0 radical (unpaired) electrons. The lowest BCUT2D eigenvalue weighted by atomic mass is 9.97. The van der Waals surface area contributed by atoms with Crippen molar-refractivity contribution in [1.82, 2.24) is 9.88 Å². The first-order valence-electron chi connectivity index (χ1n) is 8.64. The first-order chi connectivity index (χ1) is 12.7. The van der Waals surface area contributed by atoms with Crippen LogP contribution >= 0.6 is 27.3 Å². The lowest BCUT2D eigenvalue weighted by Gasteiger charge is -2.31. The molecule has 0 bridgehead atoms. The number of hydrogen-bond donors (Lipinski definition) is 0. The molecule has 0 saturated carbocycles. The van der Waals surface area contributed by atoms with E-state index in [1.807, 2.05) is 23.1 Å². The van der Waals surface area contributed by atoms with Gasteiger partial charge in [-0.05, 0) is 59.1 Å². The van der Waals surface area contributed by atoms with Crippen LogP contribution in [0.2, 0.25) is 0 Å². The Bertz CT molecular complexity index is 915. The van der Waals surface area contributed by atoms with Gasteiger partial charge in [-0.2, -0.15) is 0 Å². The van der Waals surface area contributed by atoms with Crippen molar-refractivity contribution in [2.45, 2.75) is 18.8 Å². The Balaban J connectivity index is 1.47. The number of nitrogens with zero attached hydrogens (tertiary/aromatic N) is 2. The van der Waals surface area contributed by atoms with E-state index in [4.69, 9.17) is 9.72 Å². The molecular weight excluding hydrogens is 412 g/mol. The molecule has 0 unspecified atom stereocenters. The highest BCUT2D eigenvalue weighted by Crippen LogP contribution is 2.34. The summed E-state index contributed by atoms with van der Waals surface area (Å²) in [6.07, 6.45) is 1.90. The standard InChI is InChI=1S/C20H19BrN2O2S/c1-25-14-6-7-16(21)15(12-14)20(24)23-10-8-13(9-11-23)19-22-17-4-2-3-5-18(17)26-19/h2-7,12-13H,8-11H2,1H3. The third-order valence-electron chi connectivity index (χ3n) is 4.85. The first-order valence-corrected chi connectivity index (χ1v) is 10.2. The van der Waals surface area contributed by atoms with Crippen LogP contribution in [0.3, 0.4) is 0 Å². The molecule has 1 aromatic heterocycles. The maximum absolute atomic E-state index is 12.9. The van der Waals surface area contributed by atoms with E-state index in [2.05, 4.69) is 34.1 Å². The van der Waals surface area contributed by atoms with Crippen LogP contribution in [0.1, 0.15) is 34.1 Å². The SMILES string of the molecule is COc1ccc(Br)c(C(=O)N2CCC(c3nc4ccccc4s3)CC2)c1. The minimum Gasteiger partial charge on any atom is -0.497 e. The van der Waals surface area contributed by atoms with Crippen LogP contribution in [0, 0.1) is 0 Å². The molecule has 134 valence electrons. The Kier molecular flexibility index (Phi) is 4.96. The highest BCUT2D eigenvalue weighted by molar-refractivity contribution is 9.10. The van der Waals surface area contributed by atoms with Crippen LogP contribution in [0.25, 0.3) is 10.2 Å². The number of thiazole rings is 1. The Hall–Kier alpha value is -1.92. The summed E-state index contributed by atoms with van der Waals surface area (Å²) in [4.78, 5) is 19.6. The van der Waals surface area contributed by atoms with Gasteiger partial charge in [0, 0.05) is 23.5 Å². The molecule has 0 N–H and O–H groups in total. The molecular formula is C20H19BrN2O2S. The van der Waals surface area contributed by atoms with E-state index in [9.17, 15) is 4.79 Å². The predicted octanol–water partition coefficient (Wildman–Crippen LogP) is 5.09. The van der Waals surface area contributed by atoms with E-state index >= 15 is 0 Å². The summed E-state index contributed by atoms with van der Waals surface area (Å²) >= 11 is 5.26. The van der Waals surface area contributed by atoms with Crippen LogP contribution in [0.15, 0.2) is 46.9 Å². The number of ether oxygens (including phenoxy) is 1. The van der Waals surface area contributed by atoms with Crippen molar-refractivity contribution in [2.24, 2.45) is 0 Å². The number of benzene rings is 2. The third kappa shape index (κ3) is 3.35. The number of aromatic nitrogens is 1. The Morgan fingerprint density at radius 1 is 1.23 bits per heavy atom. The van der Waals surface area contributed by atoms with Gasteiger partial charge in [0.05, 0.1) is 27.9 Å². The van der Waals surface area contributed by atoms with Crippen LogP contribution in [0.5, 0.6) is 5.75 Å². The summed E-state index contributed by atoms with van der Waals surface area (Å²) in [6.45, 7) is 1.51. The van der Waals surface area contributed by atoms with Crippen molar-refractivity contribution in [2.75, 3.05) is 20.2 Å². The number of hydrogen-bond acceptors (Lipinski definition) is 4. The summed E-state index contributed by atoms with van der Waals surface area (Å²) < 4.78 is 7.29. The highest BCUT2D eigenvalue weighted by Gasteiger charge is 2.27. The second-order valence-electron chi connectivity index (χ2n) is 6.43. The summed E-state index contributed by atoms with van der Waals surface area (Å²) in [5.74, 6) is 1.18. The largest absolute Gasteiger partial charge is 0.497 e. The molecule has 6 heteroatoms. The van der Waals surface area contributed by atoms with Gasteiger partial charge in [0.2, 0.25) is 0 Å². The van der Waals surface area contributed by atoms with Crippen molar-refractivity contribution in [3.05, 3.63) is 57.5 Å². The molecule has 4 rings (SSSR count). The molecule has 4 nitrogen and oxygen atoms in total. The van der Waals surface area contributed by atoms with Gasteiger partial charge in [-0.25, -0.2) is 4.98 Å². The zero-order valence-corrected chi connectivity index (χ0v) is 16.8. The first kappa shape index (κ1) is 17.5. The zero-order valence-electron chi connectivity index (χ0n) is 14.4. The number of fused-ring (bicyclic) bond motifs is 1. The van der Waals surface area contributed by atoms with Gasteiger partial charge in [0.1, 0.15) is 5.75 Å². The van der Waals surface area contributed by atoms with Crippen molar-refractivity contribution in [3.8, 4) is 5.75 Å². The van der Waals surface area contributed by atoms with Crippen molar-refractivity contribution in [3.63, 3.8) is 0 Å². The number of rotatable bonds is 3. The van der Waals surface area contributed by atoms with Crippen LogP contribution < -0.4 is 4.74 Å². The average Bonchev–Trinajstić information content (AvgIpc) is 3.12. The van der Waals surface area contributed by atoms with Crippen LogP contribution in [-0.2, 0) is 0 Å². The van der Waals surface area contributed by atoms with Gasteiger partial charge in [0.15, 0.2) is 0 Å². The monoisotopic (exact) mass is 430 g/mol. The molecule has 0 atom stereocenters. The molecule has 1 aliphatic heterocycles. The molecule has 3 aromatic rings. The van der Waals surface area contributed by atoms with E-state index in [-0.39, 0.29) is 5.91 Å². The fourth-order valence-electron chi connectivity index (χ4n) is 3.36. The number of carbonyl (C=O) groups is 1. The fourth-order valence-corrected chi connectivity index (χ4v) is 4.91. The van der Waals surface area contributed by atoms with Gasteiger partial charge < -0.3 is 9.64 Å². The second-order valence-corrected chi connectivity index (χ2v) is 8.35. The fraction of sp³-hybridized carbons (Fsp3) is 0.300. The molecule has 2 heterocycles. The molecule has 26 heavy (non-hydrogen) atoms. The topological polar surface area (TPSA) is 42.4 Å². The van der Waals surface area contributed by atoms with Crippen LogP contribution in [0.4, 0.5) is 0 Å². The summed E-state index contributed by atoms with van der Waals surface area (Å²) in [7, 11) is 1.61. The maximum atomic E-state index is 12.9. The van der Waals surface area contributed by atoms with E-state index in [0.717, 1.165) is 35.9 Å². The minimum atomic E-state index is 0.0542.